The summed E-state index contributed by atoms with van der Waals surface area (Å²) in [5.41, 5.74) is 20.2. The van der Waals surface area contributed by atoms with Gasteiger partial charge in [-0.25, -0.2) is 0 Å². The SMILES string of the molecule is Cc1cc2c3c(c1)N(c1ccc4c(c1)C(C)(C)CCC4(C)C)c1oc4c(c1B3c1cc(C(C)(C)C)ccc1N2c1ccc(C(C)(C)C)cc1C)C(C)(C)CCC4(C)C. The molecule has 3 nitrogen and oxygen atoms in total. The zero-order chi connectivity index (χ0) is 41.9. The van der Waals surface area contributed by atoms with Gasteiger partial charge in [-0.05, 0) is 158 Å². The van der Waals surface area contributed by atoms with Crippen LogP contribution in [-0.2, 0) is 32.5 Å². The fraction of sp³-hybridized carbons (Fsp3) is 0.481. The molecule has 4 heteroatoms. The first-order valence-corrected chi connectivity index (χ1v) is 22.1. The summed E-state index contributed by atoms with van der Waals surface area (Å²) in [6.07, 6.45) is 4.61. The minimum Gasteiger partial charge on any atom is -0.444 e. The minimum atomic E-state index is -0.0800. The molecule has 5 aromatic rings. The second kappa shape index (κ2) is 12.2. The van der Waals surface area contributed by atoms with Crippen molar-refractivity contribution in [1.82, 2.24) is 0 Å². The summed E-state index contributed by atoms with van der Waals surface area (Å²) in [4.78, 5) is 5.15. The molecule has 3 heterocycles. The molecule has 0 amide bonds. The van der Waals surface area contributed by atoms with E-state index in [1.54, 1.807) is 0 Å². The quantitative estimate of drug-likeness (QED) is 0.163. The van der Waals surface area contributed by atoms with Gasteiger partial charge in [0.15, 0.2) is 5.88 Å². The third-order valence-corrected chi connectivity index (χ3v) is 15.0. The van der Waals surface area contributed by atoms with E-state index in [0.717, 1.165) is 18.7 Å². The Morgan fingerprint density at radius 3 is 1.71 bits per heavy atom. The molecule has 0 spiro atoms. The predicted octanol–water partition coefficient (Wildman–Crippen LogP) is 13.3. The molecule has 4 aliphatic rings. The third kappa shape index (κ3) is 5.73. The maximum Gasteiger partial charge on any atom is 0.256 e. The Morgan fingerprint density at radius 1 is 0.534 bits per heavy atom. The van der Waals surface area contributed by atoms with Gasteiger partial charge < -0.3 is 9.32 Å². The van der Waals surface area contributed by atoms with Gasteiger partial charge in [0.1, 0.15) is 5.76 Å². The summed E-state index contributed by atoms with van der Waals surface area (Å²) >= 11 is 0. The standard InChI is InChI=1S/C54H67BN2O/c1-32-27-42-45-43(28-32)57(40-21-17-34(29-33(40)2)49(3,4)5)41-22-18-35(50(6,7)8)30-39(41)55(45)46-44-47(54(15,16)26-25-53(44,13)14)58-48(46)56(42)36-19-20-37-38(31-36)52(11,12)24-23-51(37,9)10/h17-22,27-31H,23-26H2,1-16H3. The van der Waals surface area contributed by atoms with Gasteiger partial charge in [0.2, 0.25) is 0 Å². The summed E-state index contributed by atoms with van der Waals surface area (Å²) in [7, 11) is 0. The van der Waals surface area contributed by atoms with Crippen molar-refractivity contribution in [2.75, 3.05) is 9.80 Å². The highest BCUT2D eigenvalue weighted by Gasteiger charge is 2.53. The van der Waals surface area contributed by atoms with Crippen LogP contribution in [0.1, 0.15) is 167 Å². The van der Waals surface area contributed by atoms with Gasteiger partial charge in [0, 0.05) is 33.9 Å². The second-order valence-electron chi connectivity index (χ2n) is 23.4. The van der Waals surface area contributed by atoms with Crippen LogP contribution in [0.3, 0.4) is 0 Å². The van der Waals surface area contributed by atoms with Crippen molar-refractivity contribution >= 4 is 57.4 Å². The van der Waals surface area contributed by atoms with Crippen LogP contribution in [0.15, 0.2) is 71.1 Å². The number of benzene rings is 4. The lowest BCUT2D eigenvalue weighted by atomic mass is 9.32. The van der Waals surface area contributed by atoms with E-state index >= 15 is 0 Å². The van der Waals surface area contributed by atoms with E-state index in [1.807, 2.05) is 0 Å². The van der Waals surface area contributed by atoms with Gasteiger partial charge in [-0.2, -0.15) is 0 Å². The van der Waals surface area contributed by atoms with Crippen LogP contribution in [0, 0.1) is 13.8 Å². The molecule has 0 N–H and O–H groups in total. The van der Waals surface area contributed by atoms with E-state index in [9.17, 15) is 0 Å². The average molecular weight is 771 g/mol. The van der Waals surface area contributed by atoms with E-state index in [2.05, 4.69) is 187 Å². The Kier molecular flexibility index (Phi) is 8.27. The summed E-state index contributed by atoms with van der Waals surface area (Å²) in [6, 6.07) is 26.8. The van der Waals surface area contributed by atoms with Crippen molar-refractivity contribution in [3.63, 3.8) is 0 Å². The first-order valence-electron chi connectivity index (χ1n) is 22.1. The molecular weight excluding hydrogens is 703 g/mol. The Labute approximate surface area is 350 Å². The van der Waals surface area contributed by atoms with Crippen LogP contribution >= 0.6 is 0 Å². The number of fused-ring (bicyclic) bond motifs is 7. The summed E-state index contributed by atoms with van der Waals surface area (Å²) in [6.45, 7) is 38.1. The van der Waals surface area contributed by atoms with Crippen LogP contribution in [0.5, 0.6) is 0 Å². The number of nitrogens with zero attached hydrogens (tertiary/aromatic N) is 2. The topological polar surface area (TPSA) is 19.6 Å². The summed E-state index contributed by atoms with van der Waals surface area (Å²) in [5.74, 6) is 2.19. The molecule has 0 atom stereocenters. The second-order valence-corrected chi connectivity index (χ2v) is 23.4. The van der Waals surface area contributed by atoms with E-state index in [0.29, 0.717) is 0 Å². The zero-order valence-corrected chi connectivity index (χ0v) is 38.6. The lowest BCUT2D eigenvalue weighted by Crippen LogP contribution is -2.63. The van der Waals surface area contributed by atoms with Crippen molar-refractivity contribution in [1.29, 1.82) is 0 Å². The number of furan rings is 1. The van der Waals surface area contributed by atoms with Crippen LogP contribution in [0.4, 0.5) is 34.3 Å². The summed E-state index contributed by atoms with van der Waals surface area (Å²) in [5, 5.41) is 0. The number of anilines is 6. The van der Waals surface area contributed by atoms with Gasteiger partial charge in [-0.15, -0.1) is 0 Å². The van der Waals surface area contributed by atoms with Crippen LogP contribution in [0.25, 0.3) is 0 Å². The predicted molar refractivity (Wildman–Crippen MR) is 250 cm³/mol. The number of hydrogen-bond donors (Lipinski definition) is 0. The summed E-state index contributed by atoms with van der Waals surface area (Å²) < 4.78 is 7.58. The smallest absolute Gasteiger partial charge is 0.256 e. The highest BCUT2D eigenvalue weighted by molar-refractivity contribution is 7.00. The van der Waals surface area contributed by atoms with Crippen molar-refractivity contribution < 1.29 is 4.42 Å². The molecule has 2 aliphatic heterocycles. The van der Waals surface area contributed by atoms with E-state index in [1.165, 1.54) is 102 Å². The number of hydrogen-bond acceptors (Lipinski definition) is 3. The molecule has 4 aromatic carbocycles. The molecule has 9 rings (SSSR count). The molecule has 2 aliphatic carbocycles. The highest BCUT2D eigenvalue weighted by Crippen LogP contribution is 2.54. The molecule has 0 saturated heterocycles. The zero-order valence-electron chi connectivity index (χ0n) is 38.6. The van der Waals surface area contributed by atoms with Crippen molar-refractivity contribution in [3.8, 4) is 0 Å². The van der Waals surface area contributed by atoms with Crippen LogP contribution < -0.4 is 26.2 Å². The van der Waals surface area contributed by atoms with Crippen LogP contribution in [0.2, 0.25) is 0 Å². The number of rotatable bonds is 2. The van der Waals surface area contributed by atoms with Gasteiger partial charge in [0.25, 0.3) is 6.71 Å². The Hall–Kier alpha value is -4.18. The van der Waals surface area contributed by atoms with Crippen molar-refractivity contribution in [2.24, 2.45) is 0 Å². The van der Waals surface area contributed by atoms with E-state index < -0.39 is 0 Å². The normalized spacial score (nSPS) is 19.6. The van der Waals surface area contributed by atoms with Crippen molar-refractivity contribution in [3.05, 3.63) is 111 Å². The Bertz CT molecular complexity index is 2530. The fourth-order valence-corrected chi connectivity index (χ4v) is 11.1. The maximum atomic E-state index is 7.58. The average Bonchev–Trinajstić information content (AvgIpc) is 3.54. The monoisotopic (exact) mass is 771 g/mol. The minimum absolute atomic E-state index is 0.00908. The third-order valence-electron chi connectivity index (χ3n) is 15.0. The number of aryl methyl sites for hydroxylation is 2. The van der Waals surface area contributed by atoms with E-state index in [-0.39, 0.29) is 39.2 Å². The molecule has 0 fully saturated rings. The lowest BCUT2D eigenvalue weighted by molar-refractivity contribution is 0.280. The molecule has 58 heavy (non-hydrogen) atoms. The molecule has 0 saturated carbocycles. The van der Waals surface area contributed by atoms with E-state index in [4.69, 9.17) is 4.42 Å². The molecule has 0 unspecified atom stereocenters. The molecule has 0 radical (unpaired) electrons. The fourth-order valence-electron chi connectivity index (χ4n) is 11.1. The van der Waals surface area contributed by atoms with Gasteiger partial charge in [0.05, 0.1) is 0 Å². The maximum absolute atomic E-state index is 7.58. The first kappa shape index (κ1) is 39.3. The Balaban J connectivity index is 1.42. The highest BCUT2D eigenvalue weighted by atomic mass is 16.4. The van der Waals surface area contributed by atoms with Crippen LogP contribution in [-0.4, -0.2) is 6.71 Å². The molecule has 0 bridgehead atoms. The van der Waals surface area contributed by atoms with Crippen molar-refractivity contribution in [2.45, 2.75) is 169 Å². The molecule has 1 aromatic heterocycles. The van der Waals surface area contributed by atoms with Gasteiger partial charge in [-0.3, -0.25) is 4.90 Å². The largest absolute Gasteiger partial charge is 0.444 e. The van der Waals surface area contributed by atoms with Gasteiger partial charge in [-0.1, -0.05) is 127 Å². The molecule has 302 valence electrons. The first-order chi connectivity index (χ1) is 26.8. The molecular formula is C54H67BN2O. The van der Waals surface area contributed by atoms with Gasteiger partial charge >= 0.3 is 0 Å². The lowest BCUT2D eigenvalue weighted by Gasteiger charge is -2.45. The Morgan fingerprint density at radius 2 is 1.09 bits per heavy atom.